The molecule has 84 valence electrons. The second-order valence-corrected chi connectivity index (χ2v) is 3.60. The molecule has 0 saturated heterocycles. The Morgan fingerprint density at radius 2 is 0.857 bits per heavy atom. The van der Waals surface area contributed by atoms with Crippen LogP contribution >= 0.6 is 0 Å². The monoisotopic (exact) mass is 198 g/mol. The van der Waals surface area contributed by atoms with Crippen molar-refractivity contribution < 1.29 is 0 Å². The van der Waals surface area contributed by atoms with E-state index in [1.165, 1.54) is 63.8 Å². The molecule has 0 saturated carbocycles. The van der Waals surface area contributed by atoms with E-state index in [-0.39, 0.29) is 0 Å². The number of nitrogens with one attached hydrogen (secondary N) is 2. The molecule has 0 aliphatic heterocycles. The first kappa shape index (κ1) is 15.8. The van der Waals surface area contributed by atoms with E-state index in [9.17, 15) is 0 Å². The van der Waals surface area contributed by atoms with Gasteiger partial charge in [-0.05, 0) is 0 Å². The van der Waals surface area contributed by atoms with Crippen LogP contribution in [0.2, 0.25) is 0 Å². The summed E-state index contributed by atoms with van der Waals surface area (Å²) < 4.78 is 0. The number of hydrogen-bond donors (Lipinski definition) is 2. The Kier molecular flexibility index (Phi) is 20.6. The maximum Gasteiger partial charge on any atom is 0.0831 e. The predicted octanol–water partition coefficient (Wildman–Crippen LogP) is 4.85. The van der Waals surface area contributed by atoms with E-state index in [2.05, 4.69) is 13.8 Å². The molecule has 2 N–H and O–H groups in total. The number of rotatable bonds is 8. The van der Waals surface area contributed by atoms with E-state index < -0.39 is 0 Å². The van der Waals surface area contributed by atoms with Gasteiger partial charge in [0.1, 0.15) is 0 Å². The fraction of sp³-hybridized carbons (Fsp3) is 0.917. The van der Waals surface area contributed by atoms with Crippen molar-refractivity contribution in [1.29, 1.82) is 10.8 Å². The van der Waals surface area contributed by atoms with E-state index in [0.717, 1.165) is 0 Å². The lowest BCUT2D eigenvalue weighted by atomic mass is 10.1. The van der Waals surface area contributed by atoms with Gasteiger partial charge in [-0.2, -0.15) is 0 Å². The third-order valence-electron chi connectivity index (χ3n) is 2.21. The van der Waals surface area contributed by atoms with Crippen LogP contribution in [0.25, 0.3) is 0 Å². The summed E-state index contributed by atoms with van der Waals surface area (Å²) in [4.78, 5) is 0. The standard InChI is InChI=1S/C11H24.CH2N2/c1-3-5-7-9-11-10-8-6-4-2;2-1-3/h3-11H2,1-2H3;2-3H. The summed E-state index contributed by atoms with van der Waals surface area (Å²) in [6, 6.07) is 1.25. The Labute approximate surface area is 89.1 Å². The van der Waals surface area contributed by atoms with Crippen molar-refractivity contribution in [2.45, 2.75) is 71.6 Å². The van der Waals surface area contributed by atoms with Crippen LogP contribution in [0.4, 0.5) is 0 Å². The van der Waals surface area contributed by atoms with E-state index in [1.807, 2.05) is 0 Å². The maximum absolute atomic E-state index is 5.62. The summed E-state index contributed by atoms with van der Waals surface area (Å²) in [5.41, 5.74) is 0. The predicted molar refractivity (Wildman–Crippen MR) is 63.3 cm³/mol. The second-order valence-electron chi connectivity index (χ2n) is 3.60. The van der Waals surface area contributed by atoms with E-state index in [1.54, 1.807) is 0 Å². The Morgan fingerprint density at radius 3 is 1.07 bits per heavy atom. The molecular formula is C12H26N2. The van der Waals surface area contributed by atoms with Gasteiger partial charge in [0.05, 0.1) is 6.01 Å². The fourth-order valence-corrected chi connectivity index (χ4v) is 1.38. The lowest BCUT2D eigenvalue weighted by Crippen LogP contribution is -1.79. The minimum Gasteiger partial charge on any atom is -0.242 e. The van der Waals surface area contributed by atoms with Crippen LogP contribution in [-0.4, -0.2) is 6.01 Å². The largest absolute Gasteiger partial charge is 0.242 e. The fourth-order valence-electron chi connectivity index (χ4n) is 1.38. The first-order valence-corrected chi connectivity index (χ1v) is 5.91. The van der Waals surface area contributed by atoms with Gasteiger partial charge in [-0.25, -0.2) is 10.8 Å². The summed E-state index contributed by atoms with van der Waals surface area (Å²) in [5.74, 6) is 0. The molecule has 0 heterocycles. The zero-order chi connectivity index (χ0) is 11.1. The van der Waals surface area contributed by atoms with Crippen LogP contribution in [0, 0.1) is 10.8 Å². The molecule has 2 nitrogen and oxygen atoms in total. The molecule has 0 radical (unpaired) electrons. The first-order valence-electron chi connectivity index (χ1n) is 5.91. The van der Waals surface area contributed by atoms with Crippen molar-refractivity contribution in [3.05, 3.63) is 0 Å². The molecular weight excluding hydrogens is 172 g/mol. The smallest absolute Gasteiger partial charge is 0.0831 e. The zero-order valence-corrected chi connectivity index (χ0v) is 9.86. The quantitative estimate of drug-likeness (QED) is 0.413. The Hall–Kier alpha value is -0.620. The lowest BCUT2D eigenvalue weighted by Gasteiger charge is -1.98. The second kappa shape index (κ2) is 18.2. The highest BCUT2D eigenvalue weighted by Gasteiger charge is 1.88. The van der Waals surface area contributed by atoms with Gasteiger partial charge in [0.15, 0.2) is 0 Å². The minimum absolute atomic E-state index is 1.25. The minimum atomic E-state index is 1.25. The van der Waals surface area contributed by atoms with Crippen LogP contribution in [0.15, 0.2) is 0 Å². The van der Waals surface area contributed by atoms with Crippen molar-refractivity contribution >= 4 is 6.01 Å². The molecule has 2 heteroatoms. The number of unbranched alkanes of at least 4 members (excludes halogenated alkanes) is 8. The van der Waals surface area contributed by atoms with Crippen molar-refractivity contribution in [3.8, 4) is 0 Å². The zero-order valence-electron chi connectivity index (χ0n) is 9.86. The molecule has 0 rings (SSSR count). The molecule has 0 spiro atoms. The van der Waals surface area contributed by atoms with E-state index >= 15 is 0 Å². The third-order valence-corrected chi connectivity index (χ3v) is 2.21. The molecule has 0 bridgehead atoms. The first-order chi connectivity index (χ1) is 6.83. The van der Waals surface area contributed by atoms with E-state index in [4.69, 9.17) is 10.8 Å². The van der Waals surface area contributed by atoms with Gasteiger partial charge in [-0.1, -0.05) is 71.6 Å². The highest BCUT2D eigenvalue weighted by molar-refractivity contribution is 5.29. The Balaban J connectivity index is 0. The summed E-state index contributed by atoms with van der Waals surface area (Å²) in [6.45, 7) is 4.55. The normalized spacial score (nSPS) is 8.71. The van der Waals surface area contributed by atoms with Crippen LogP contribution in [0.5, 0.6) is 0 Å². The van der Waals surface area contributed by atoms with Gasteiger partial charge >= 0.3 is 0 Å². The molecule has 0 fully saturated rings. The van der Waals surface area contributed by atoms with E-state index in [0.29, 0.717) is 0 Å². The lowest BCUT2D eigenvalue weighted by molar-refractivity contribution is 0.572. The summed E-state index contributed by atoms with van der Waals surface area (Å²) >= 11 is 0. The van der Waals surface area contributed by atoms with Gasteiger partial charge in [0.2, 0.25) is 0 Å². The van der Waals surface area contributed by atoms with Gasteiger partial charge < -0.3 is 0 Å². The maximum atomic E-state index is 5.62. The summed E-state index contributed by atoms with van der Waals surface area (Å²) in [5, 5.41) is 11.2. The Bertz CT molecular complexity index is 107. The Morgan fingerprint density at radius 1 is 0.643 bits per heavy atom. The highest BCUT2D eigenvalue weighted by Crippen LogP contribution is 2.08. The van der Waals surface area contributed by atoms with Gasteiger partial charge in [0, 0.05) is 0 Å². The third kappa shape index (κ3) is 22.5. The van der Waals surface area contributed by atoms with Gasteiger partial charge in [-0.15, -0.1) is 0 Å². The van der Waals surface area contributed by atoms with Crippen LogP contribution in [0.1, 0.15) is 71.6 Å². The number of hydrogen-bond acceptors (Lipinski definition) is 2. The van der Waals surface area contributed by atoms with Crippen LogP contribution < -0.4 is 0 Å². The van der Waals surface area contributed by atoms with Gasteiger partial charge in [-0.3, -0.25) is 0 Å². The molecule has 0 amide bonds. The van der Waals surface area contributed by atoms with Crippen molar-refractivity contribution in [1.82, 2.24) is 0 Å². The average Bonchev–Trinajstić information content (AvgIpc) is 2.18. The average molecular weight is 198 g/mol. The molecule has 0 aromatic heterocycles. The molecule has 0 aromatic carbocycles. The van der Waals surface area contributed by atoms with Crippen molar-refractivity contribution in [2.24, 2.45) is 0 Å². The topological polar surface area (TPSA) is 47.7 Å². The van der Waals surface area contributed by atoms with Crippen molar-refractivity contribution in [2.75, 3.05) is 0 Å². The summed E-state index contributed by atoms with van der Waals surface area (Å²) in [6.07, 6.45) is 13.0. The van der Waals surface area contributed by atoms with Gasteiger partial charge in [0.25, 0.3) is 0 Å². The molecule has 0 aliphatic carbocycles. The molecule has 0 aliphatic rings. The SMILES string of the molecule is CCCCCCCCCCC.N=C=N. The van der Waals surface area contributed by atoms with Crippen LogP contribution in [0.3, 0.4) is 0 Å². The van der Waals surface area contributed by atoms with Crippen molar-refractivity contribution in [3.63, 3.8) is 0 Å². The molecule has 0 unspecified atom stereocenters. The molecule has 0 atom stereocenters. The highest BCUT2D eigenvalue weighted by atomic mass is 14.4. The molecule has 0 aromatic rings. The molecule has 14 heavy (non-hydrogen) atoms. The summed E-state index contributed by atoms with van der Waals surface area (Å²) in [7, 11) is 0. The van der Waals surface area contributed by atoms with Crippen LogP contribution in [-0.2, 0) is 0 Å².